The number of nitrogens with zero attached hydrogens (tertiary/aromatic N) is 2. The first kappa shape index (κ1) is 14.3. The Bertz CT molecular complexity index is 604. The summed E-state index contributed by atoms with van der Waals surface area (Å²) in [6, 6.07) is 10.2. The quantitative estimate of drug-likeness (QED) is 0.922. The summed E-state index contributed by atoms with van der Waals surface area (Å²) in [6.45, 7) is 0. The molecule has 3 rings (SSSR count). The molecule has 1 fully saturated rings. The van der Waals surface area contributed by atoms with Crippen LogP contribution < -0.4 is 5.32 Å². The summed E-state index contributed by atoms with van der Waals surface area (Å²) in [5.74, 6) is 0.0128. The maximum Gasteiger partial charge on any atom is 0.251 e. The predicted molar refractivity (Wildman–Crippen MR) is 85.1 cm³/mol. The van der Waals surface area contributed by atoms with Crippen LogP contribution in [0.15, 0.2) is 47.2 Å². The molecule has 1 aromatic carbocycles. The molecule has 0 saturated heterocycles. The second kappa shape index (κ2) is 6.43. The van der Waals surface area contributed by atoms with Gasteiger partial charge in [0.1, 0.15) is 0 Å². The third-order valence-corrected chi connectivity index (χ3v) is 4.51. The number of carbonyl (C=O) groups is 1. The molecular weight excluding hydrogens is 330 g/mol. The predicted octanol–water partition coefficient (Wildman–Crippen LogP) is 3.56. The number of rotatable bonds is 3. The van der Waals surface area contributed by atoms with Crippen molar-refractivity contribution in [2.24, 2.45) is 0 Å². The molecule has 0 unspecified atom stereocenters. The fraction of sp³-hybridized carbons (Fsp3) is 0.375. The summed E-state index contributed by atoms with van der Waals surface area (Å²) < 4.78 is 2.96. The number of hydrogen-bond acceptors (Lipinski definition) is 2. The highest BCUT2D eigenvalue weighted by atomic mass is 79.9. The van der Waals surface area contributed by atoms with Crippen molar-refractivity contribution in [3.05, 3.63) is 52.8 Å². The van der Waals surface area contributed by atoms with Gasteiger partial charge >= 0.3 is 0 Å². The normalized spacial score (nSPS) is 22.0. The van der Waals surface area contributed by atoms with Crippen LogP contribution in [0.3, 0.4) is 0 Å². The minimum absolute atomic E-state index is 0.0128. The monoisotopic (exact) mass is 347 g/mol. The Morgan fingerprint density at radius 3 is 2.71 bits per heavy atom. The molecule has 0 radical (unpaired) electrons. The Morgan fingerprint density at radius 1 is 1.24 bits per heavy atom. The summed E-state index contributed by atoms with van der Waals surface area (Å²) in [5.41, 5.74) is 0.707. The highest BCUT2D eigenvalue weighted by Crippen LogP contribution is 2.28. The van der Waals surface area contributed by atoms with Crippen LogP contribution in [0.4, 0.5) is 0 Å². The van der Waals surface area contributed by atoms with Gasteiger partial charge in [0.05, 0.1) is 6.04 Å². The van der Waals surface area contributed by atoms with E-state index in [1.54, 1.807) is 0 Å². The van der Waals surface area contributed by atoms with E-state index < -0.39 is 0 Å². The van der Waals surface area contributed by atoms with Gasteiger partial charge in [-0.1, -0.05) is 22.0 Å². The number of nitrogens with one attached hydrogen (secondary N) is 1. The summed E-state index contributed by atoms with van der Waals surface area (Å²) in [7, 11) is 0. The van der Waals surface area contributed by atoms with E-state index in [-0.39, 0.29) is 11.9 Å². The molecular formula is C16H18BrN3O. The van der Waals surface area contributed by atoms with Gasteiger partial charge in [0.2, 0.25) is 0 Å². The second-order valence-corrected chi connectivity index (χ2v) is 6.39. The first-order valence-corrected chi connectivity index (χ1v) is 8.07. The molecule has 2 aromatic rings. The average Bonchev–Trinajstić information content (AvgIpc) is 3.02. The number of carbonyl (C=O) groups excluding carboxylic acids is 1. The smallest absolute Gasteiger partial charge is 0.251 e. The van der Waals surface area contributed by atoms with Gasteiger partial charge in [-0.15, -0.1) is 0 Å². The summed E-state index contributed by atoms with van der Waals surface area (Å²) >= 11 is 3.40. The van der Waals surface area contributed by atoms with Gasteiger partial charge in [-0.05, 0) is 49.9 Å². The average molecular weight is 348 g/mol. The van der Waals surface area contributed by atoms with Crippen LogP contribution >= 0.6 is 15.9 Å². The van der Waals surface area contributed by atoms with Crippen molar-refractivity contribution in [1.82, 2.24) is 15.1 Å². The van der Waals surface area contributed by atoms with Crippen LogP contribution in [0.1, 0.15) is 42.1 Å². The van der Waals surface area contributed by atoms with Crippen LogP contribution in [0, 0.1) is 0 Å². The zero-order chi connectivity index (χ0) is 14.7. The minimum atomic E-state index is 0.0128. The van der Waals surface area contributed by atoms with E-state index in [4.69, 9.17) is 0 Å². The lowest BCUT2D eigenvalue weighted by atomic mass is 9.91. The molecule has 1 heterocycles. The Kier molecular flexibility index (Phi) is 4.39. The second-order valence-electron chi connectivity index (χ2n) is 5.48. The fourth-order valence-electron chi connectivity index (χ4n) is 2.88. The lowest BCUT2D eigenvalue weighted by molar-refractivity contribution is 0.0921. The number of amides is 1. The molecule has 1 amide bonds. The highest BCUT2D eigenvalue weighted by molar-refractivity contribution is 9.10. The summed E-state index contributed by atoms with van der Waals surface area (Å²) in [6.07, 6.45) is 7.97. The SMILES string of the molecule is O=C(NC1CCC(n2cccn2)CC1)c1cccc(Br)c1. The maximum atomic E-state index is 12.2. The van der Waals surface area contributed by atoms with E-state index in [0.29, 0.717) is 11.6 Å². The molecule has 1 N–H and O–H groups in total. The molecule has 1 aliphatic rings. The highest BCUT2D eigenvalue weighted by Gasteiger charge is 2.23. The number of aromatic nitrogens is 2. The molecule has 0 aliphatic heterocycles. The van der Waals surface area contributed by atoms with Gasteiger partial charge in [-0.2, -0.15) is 5.10 Å². The van der Waals surface area contributed by atoms with E-state index in [1.165, 1.54) is 0 Å². The molecule has 0 atom stereocenters. The first-order valence-electron chi connectivity index (χ1n) is 7.28. The van der Waals surface area contributed by atoms with Gasteiger partial charge in [-0.25, -0.2) is 0 Å². The summed E-state index contributed by atoms with van der Waals surface area (Å²) in [4.78, 5) is 12.2. The molecule has 5 heteroatoms. The van der Waals surface area contributed by atoms with E-state index >= 15 is 0 Å². The Balaban J connectivity index is 1.54. The van der Waals surface area contributed by atoms with Crippen molar-refractivity contribution < 1.29 is 4.79 Å². The minimum Gasteiger partial charge on any atom is -0.349 e. The number of benzene rings is 1. The molecule has 0 spiro atoms. The van der Waals surface area contributed by atoms with Gasteiger partial charge < -0.3 is 5.32 Å². The van der Waals surface area contributed by atoms with Crippen LogP contribution in [-0.4, -0.2) is 21.7 Å². The van der Waals surface area contributed by atoms with Crippen molar-refractivity contribution >= 4 is 21.8 Å². The van der Waals surface area contributed by atoms with E-state index in [0.717, 1.165) is 30.2 Å². The van der Waals surface area contributed by atoms with Crippen molar-refractivity contribution in [1.29, 1.82) is 0 Å². The largest absolute Gasteiger partial charge is 0.349 e. The van der Waals surface area contributed by atoms with Crippen molar-refractivity contribution in [2.45, 2.75) is 37.8 Å². The molecule has 4 nitrogen and oxygen atoms in total. The van der Waals surface area contributed by atoms with Crippen LogP contribution in [0.2, 0.25) is 0 Å². The molecule has 1 aliphatic carbocycles. The molecule has 1 saturated carbocycles. The Labute approximate surface area is 132 Å². The van der Waals surface area contributed by atoms with Crippen LogP contribution in [-0.2, 0) is 0 Å². The zero-order valence-electron chi connectivity index (χ0n) is 11.7. The first-order chi connectivity index (χ1) is 10.2. The Morgan fingerprint density at radius 2 is 2.05 bits per heavy atom. The number of hydrogen-bond donors (Lipinski definition) is 1. The fourth-order valence-corrected chi connectivity index (χ4v) is 3.28. The van der Waals surface area contributed by atoms with Gasteiger partial charge in [-0.3, -0.25) is 9.48 Å². The van der Waals surface area contributed by atoms with E-state index in [9.17, 15) is 4.79 Å². The zero-order valence-corrected chi connectivity index (χ0v) is 13.3. The lowest BCUT2D eigenvalue weighted by Gasteiger charge is -2.29. The topological polar surface area (TPSA) is 46.9 Å². The third-order valence-electron chi connectivity index (χ3n) is 4.02. The lowest BCUT2D eigenvalue weighted by Crippen LogP contribution is -2.38. The number of halogens is 1. The van der Waals surface area contributed by atoms with E-state index in [1.807, 2.05) is 47.4 Å². The van der Waals surface area contributed by atoms with E-state index in [2.05, 4.69) is 26.3 Å². The van der Waals surface area contributed by atoms with Gasteiger partial charge in [0.15, 0.2) is 0 Å². The van der Waals surface area contributed by atoms with Crippen LogP contribution in [0.5, 0.6) is 0 Å². The molecule has 21 heavy (non-hydrogen) atoms. The standard InChI is InChI=1S/C16H18BrN3O/c17-13-4-1-3-12(11-13)16(21)19-14-5-7-15(8-6-14)20-10-2-9-18-20/h1-4,9-11,14-15H,5-8H2,(H,19,21). The van der Waals surface area contributed by atoms with Crippen molar-refractivity contribution in [2.75, 3.05) is 0 Å². The van der Waals surface area contributed by atoms with Gasteiger partial charge in [0.25, 0.3) is 5.91 Å². The van der Waals surface area contributed by atoms with Gasteiger partial charge in [0, 0.05) is 28.5 Å². The van der Waals surface area contributed by atoms with Crippen LogP contribution in [0.25, 0.3) is 0 Å². The molecule has 110 valence electrons. The summed E-state index contributed by atoms with van der Waals surface area (Å²) in [5, 5.41) is 7.45. The molecule has 1 aromatic heterocycles. The maximum absolute atomic E-state index is 12.2. The third kappa shape index (κ3) is 3.53. The molecule has 0 bridgehead atoms. The van der Waals surface area contributed by atoms with Crippen molar-refractivity contribution in [3.8, 4) is 0 Å². The Hall–Kier alpha value is -1.62. The van der Waals surface area contributed by atoms with Crippen molar-refractivity contribution in [3.63, 3.8) is 0 Å².